The first-order valence-electron chi connectivity index (χ1n) is 6.11. The number of hydrogen-bond acceptors (Lipinski definition) is 2. The van der Waals surface area contributed by atoms with Crippen LogP contribution in [0.4, 0.5) is 30.7 Å². The van der Waals surface area contributed by atoms with E-state index < -0.39 is 30.5 Å². The van der Waals surface area contributed by atoms with Crippen molar-refractivity contribution >= 4 is 21.8 Å². The molecule has 0 bridgehead atoms. The van der Waals surface area contributed by atoms with E-state index in [1.54, 1.807) is 13.1 Å². The van der Waals surface area contributed by atoms with Gasteiger partial charge in [0, 0.05) is 19.3 Å². The Hall–Kier alpha value is -1.33. The van der Waals surface area contributed by atoms with Crippen molar-refractivity contribution in [2.24, 2.45) is 0 Å². The Kier molecular flexibility index (Phi) is 5.70. The maximum atomic E-state index is 13.0. The average molecular weight is 414 g/mol. The Balaban J connectivity index is 2.56. The summed E-state index contributed by atoms with van der Waals surface area (Å²) in [5.41, 5.74) is 0.644. The van der Waals surface area contributed by atoms with Crippen LogP contribution < -0.4 is 5.32 Å². The van der Waals surface area contributed by atoms with Gasteiger partial charge in [0.2, 0.25) is 0 Å². The Labute approximate surface area is 134 Å². The van der Waals surface area contributed by atoms with Crippen LogP contribution in [0.3, 0.4) is 0 Å². The van der Waals surface area contributed by atoms with Gasteiger partial charge in [0.25, 0.3) is 5.91 Å². The summed E-state index contributed by atoms with van der Waals surface area (Å²) in [5, 5.41) is 5.36. The predicted molar refractivity (Wildman–Crippen MR) is 68.2 cm³/mol. The standard InChI is InChI=1S/C11H11BrF7N3O/c1-6-7(12)5-22(21-6)4-2-3-20-8(23)9(13,14)10(15,16)11(17,18)19/h5H,2-4H2,1H3,(H,20,23). The van der Waals surface area contributed by atoms with Gasteiger partial charge in [0.1, 0.15) is 0 Å². The fourth-order valence-electron chi connectivity index (χ4n) is 1.48. The zero-order chi connectivity index (χ0) is 18.1. The minimum absolute atomic E-state index is 0.00691. The molecule has 0 aromatic carbocycles. The summed E-state index contributed by atoms with van der Waals surface area (Å²) in [7, 11) is 0. The number of aromatic nitrogens is 2. The quantitative estimate of drug-likeness (QED) is 0.574. The number of carbonyl (C=O) groups is 1. The highest BCUT2D eigenvalue weighted by Gasteiger charge is 2.76. The molecule has 12 heteroatoms. The molecule has 1 rings (SSSR count). The smallest absolute Gasteiger partial charge is 0.351 e. The molecule has 4 nitrogen and oxygen atoms in total. The highest BCUT2D eigenvalue weighted by Crippen LogP contribution is 2.46. The van der Waals surface area contributed by atoms with Crippen molar-refractivity contribution in [3.05, 3.63) is 16.4 Å². The molecule has 1 N–H and O–H groups in total. The van der Waals surface area contributed by atoms with E-state index in [2.05, 4.69) is 21.0 Å². The van der Waals surface area contributed by atoms with E-state index in [9.17, 15) is 35.5 Å². The first-order valence-corrected chi connectivity index (χ1v) is 6.90. The summed E-state index contributed by atoms with van der Waals surface area (Å²) in [6, 6.07) is 0. The number of nitrogens with one attached hydrogen (secondary N) is 1. The molecule has 1 heterocycles. The van der Waals surface area contributed by atoms with Crippen LogP contribution in [0.15, 0.2) is 10.7 Å². The van der Waals surface area contributed by atoms with Gasteiger partial charge in [-0.3, -0.25) is 9.48 Å². The van der Waals surface area contributed by atoms with E-state index in [4.69, 9.17) is 0 Å². The Morgan fingerprint density at radius 1 is 1.26 bits per heavy atom. The molecule has 0 aliphatic heterocycles. The van der Waals surface area contributed by atoms with Crippen LogP contribution in [0.25, 0.3) is 0 Å². The van der Waals surface area contributed by atoms with Gasteiger partial charge in [-0.2, -0.15) is 35.8 Å². The van der Waals surface area contributed by atoms with Crippen molar-refractivity contribution < 1.29 is 35.5 Å². The summed E-state index contributed by atoms with van der Waals surface area (Å²) < 4.78 is 89.0. The van der Waals surface area contributed by atoms with Crippen LogP contribution in [0.2, 0.25) is 0 Å². The largest absolute Gasteiger partial charge is 0.460 e. The third-order valence-corrected chi connectivity index (χ3v) is 3.55. The van der Waals surface area contributed by atoms with Gasteiger partial charge in [-0.1, -0.05) is 0 Å². The number of nitrogens with zero attached hydrogens (tertiary/aromatic N) is 2. The first-order chi connectivity index (χ1) is 10.3. The zero-order valence-corrected chi connectivity index (χ0v) is 13.1. The molecule has 0 radical (unpaired) electrons. The molecule has 0 saturated carbocycles. The fraction of sp³-hybridized carbons (Fsp3) is 0.636. The lowest BCUT2D eigenvalue weighted by Crippen LogP contribution is -2.59. The van der Waals surface area contributed by atoms with Gasteiger partial charge in [-0.25, -0.2) is 0 Å². The van der Waals surface area contributed by atoms with Gasteiger partial charge in [0.05, 0.1) is 10.2 Å². The molecule has 132 valence electrons. The molecule has 0 saturated heterocycles. The van der Waals surface area contributed by atoms with Crippen LogP contribution in [0.1, 0.15) is 12.1 Å². The molecule has 0 aliphatic rings. The molecule has 0 fully saturated rings. The van der Waals surface area contributed by atoms with Crippen molar-refractivity contribution in [3.8, 4) is 0 Å². The van der Waals surface area contributed by atoms with E-state index in [1.165, 1.54) is 10.00 Å². The van der Waals surface area contributed by atoms with E-state index in [-0.39, 0.29) is 13.0 Å². The van der Waals surface area contributed by atoms with Crippen molar-refractivity contribution in [1.82, 2.24) is 15.1 Å². The Bertz CT molecular complexity index is 551. The van der Waals surface area contributed by atoms with Crippen LogP contribution in [0, 0.1) is 6.92 Å². The van der Waals surface area contributed by atoms with Crippen molar-refractivity contribution in [2.75, 3.05) is 6.54 Å². The normalized spacial score (nSPS) is 13.3. The van der Waals surface area contributed by atoms with Gasteiger partial charge >= 0.3 is 18.0 Å². The molecule has 0 aliphatic carbocycles. The number of hydrogen-bond donors (Lipinski definition) is 1. The van der Waals surface area contributed by atoms with E-state index in [1.807, 2.05) is 0 Å². The minimum Gasteiger partial charge on any atom is -0.351 e. The summed E-state index contributed by atoms with van der Waals surface area (Å²) >= 11 is 3.17. The third kappa shape index (κ3) is 4.15. The van der Waals surface area contributed by atoms with E-state index in [0.29, 0.717) is 10.2 Å². The SMILES string of the molecule is Cc1nn(CCCNC(=O)C(F)(F)C(F)(F)C(F)(F)F)cc1Br. The van der Waals surface area contributed by atoms with Crippen LogP contribution >= 0.6 is 15.9 Å². The fourth-order valence-corrected chi connectivity index (χ4v) is 1.80. The maximum Gasteiger partial charge on any atom is 0.460 e. The lowest BCUT2D eigenvalue weighted by molar-refractivity contribution is -0.344. The molecule has 1 amide bonds. The highest BCUT2D eigenvalue weighted by molar-refractivity contribution is 9.10. The topological polar surface area (TPSA) is 46.9 Å². The van der Waals surface area contributed by atoms with Crippen LogP contribution in [-0.4, -0.2) is 40.3 Å². The van der Waals surface area contributed by atoms with E-state index >= 15 is 0 Å². The molecule has 1 aromatic rings. The first kappa shape index (κ1) is 19.7. The Morgan fingerprint density at radius 3 is 2.26 bits per heavy atom. The van der Waals surface area contributed by atoms with Crippen molar-refractivity contribution in [2.45, 2.75) is 37.9 Å². The number of amides is 1. The lowest BCUT2D eigenvalue weighted by atomic mass is 10.1. The Morgan fingerprint density at radius 2 is 1.83 bits per heavy atom. The van der Waals surface area contributed by atoms with Gasteiger partial charge in [-0.15, -0.1) is 0 Å². The van der Waals surface area contributed by atoms with Crippen LogP contribution in [0.5, 0.6) is 0 Å². The number of halogens is 8. The monoisotopic (exact) mass is 413 g/mol. The molecule has 23 heavy (non-hydrogen) atoms. The lowest BCUT2D eigenvalue weighted by Gasteiger charge is -2.27. The van der Waals surface area contributed by atoms with Gasteiger partial charge in [0.15, 0.2) is 0 Å². The summed E-state index contributed by atoms with van der Waals surface area (Å²) in [6.07, 6.45) is -4.97. The van der Waals surface area contributed by atoms with Crippen LogP contribution in [-0.2, 0) is 11.3 Å². The molecule has 0 spiro atoms. The molecular formula is C11H11BrF7N3O. The highest BCUT2D eigenvalue weighted by atomic mass is 79.9. The molecular weight excluding hydrogens is 403 g/mol. The molecule has 0 unspecified atom stereocenters. The number of alkyl halides is 7. The summed E-state index contributed by atoms with van der Waals surface area (Å²) in [6.45, 7) is 1.31. The second-order valence-corrected chi connectivity index (χ2v) is 5.44. The van der Waals surface area contributed by atoms with E-state index in [0.717, 1.165) is 0 Å². The van der Waals surface area contributed by atoms with Crippen molar-refractivity contribution in [3.63, 3.8) is 0 Å². The number of carbonyl (C=O) groups excluding carboxylic acids is 1. The zero-order valence-electron chi connectivity index (χ0n) is 11.5. The second kappa shape index (κ2) is 6.65. The average Bonchev–Trinajstić information content (AvgIpc) is 2.72. The second-order valence-electron chi connectivity index (χ2n) is 4.58. The maximum absolute atomic E-state index is 13.0. The predicted octanol–water partition coefficient (Wildman–Crippen LogP) is 3.29. The third-order valence-electron chi connectivity index (χ3n) is 2.77. The number of rotatable bonds is 6. The van der Waals surface area contributed by atoms with Gasteiger partial charge in [-0.05, 0) is 29.3 Å². The summed E-state index contributed by atoms with van der Waals surface area (Å²) in [4.78, 5) is 11.0. The summed E-state index contributed by atoms with van der Waals surface area (Å²) in [5.74, 6) is -15.0. The molecule has 1 aromatic heterocycles. The minimum atomic E-state index is -6.54. The number of aryl methyl sites for hydroxylation is 2. The van der Waals surface area contributed by atoms with Gasteiger partial charge < -0.3 is 5.32 Å². The molecule has 0 atom stereocenters. The van der Waals surface area contributed by atoms with Crippen molar-refractivity contribution in [1.29, 1.82) is 0 Å².